The van der Waals surface area contributed by atoms with Crippen molar-refractivity contribution in [2.75, 3.05) is 0 Å². The lowest BCUT2D eigenvalue weighted by Crippen LogP contribution is -2.30. The first-order valence-electron chi connectivity index (χ1n) is 3.25. The number of aliphatic imine (C=N–C) groups is 1. The van der Waals surface area contributed by atoms with Crippen LogP contribution in [0.15, 0.2) is 29.4 Å². The maximum Gasteiger partial charge on any atom is 0.284 e. The molecule has 0 fully saturated rings. The monoisotopic (exact) mass is 164 g/mol. The summed E-state index contributed by atoms with van der Waals surface area (Å²) in [6.45, 7) is 0. The van der Waals surface area contributed by atoms with Crippen molar-refractivity contribution in [3.8, 4) is 0 Å². The average Bonchev–Trinajstić information content (AvgIpc) is 2.06. The number of nitrogens with zero attached hydrogens (tertiary/aromatic N) is 2. The van der Waals surface area contributed by atoms with Crippen LogP contribution in [0.2, 0.25) is 0 Å². The normalized spacial score (nSPS) is 11.2. The molecule has 0 saturated heterocycles. The molecule has 0 aliphatic heterocycles. The Kier molecular flexibility index (Phi) is 2.37. The maximum atomic E-state index is 10.4. The van der Waals surface area contributed by atoms with Crippen molar-refractivity contribution in [2.24, 2.45) is 16.5 Å². The first kappa shape index (κ1) is 8.19. The molecule has 1 amide bonds. The van der Waals surface area contributed by atoms with Crippen LogP contribution in [0.1, 0.15) is 0 Å². The maximum absolute atomic E-state index is 10.4. The van der Waals surface area contributed by atoms with E-state index >= 15 is 0 Å². The highest BCUT2D eigenvalue weighted by molar-refractivity contribution is 6.37. The van der Waals surface area contributed by atoms with E-state index in [0.717, 1.165) is 0 Å². The molecule has 4 N–H and O–H groups in total. The van der Waals surface area contributed by atoms with E-state index in [-0.39, 0.29) is 5.84 Å². The second-order valence-corrected chi connectivity index (χ2v) is 2.05. The van der Waals surface area contributed by atoms with Crippen molar-refractivity contribution in [1.29, 1.82) is 0 Å². The molecule has 1 rings (SSSR count). The van der Waals surface area contributed by atoms with E-state index in [1.54, 1.807) is 24.4 Å². The summed E-state index contributed by atoms with van der Waals surface area (Å²) in [5.41, 5.74) is 10.0. The highest BCUT2D eigenvalue weighted by atomic mass is 16.1. The predicted molar refractivity (Wildman–Crippen MR) is 44.7 cm³/mol. The minimum atomic E-state index is -0.749. The van der Waals surface area contributed by atoms with Crippen LogP contribution < -0.4 is 11.5 Å². The van der Waals surface area contributed by atoms with Gasteiger partial charge in [0.05, 0.1) is 0 Å². The fraction of sp³-hybridized carbons (Fsp3) is 0. The fourth-order valence-electron chi connectivity index (χ4n) is 0.598. The highest BCUT2D eigenvalue weighted by Gasteiger charge is 1.99. The number of primary amides is 1. The molecule has 5 heteroatoms. The van der Waals surface area contributed by atoms with Gasteiger partial charge < -0.3 is 11.5 Å². The van der Waals surface area contributed by atoms with Gasteiger partial charge in [0.2, 0.25) is 0 Å². The number of hydrogen-bond donors (Lipinski definition) is 2. The summed E-state index contributed by atoms with van der Waals surface area (Å²) in [4.78, 5) is 17.9. The minimum Gasteiger partial charge on any atom is -0.379 e. The largest absolute Gasteiger partial charge is 0.379 e. The number of amidine groups is 1. The first-order valence-corrected chi connectivity index (χ1v) is 3.25. The van der Waals surface area contributed by atoms with Crippen LogP contribution in [0.25, 0.3) is 0 Å². The molecule has 0 spiro atoms. The molecule has 62 valence electrons. The summed E-state index contributed by atoms with van der Waals surface area (Å²) in [7, 11) is 0. The topological polar surface area (TPSA) is 94.4 Å². The van der Waals surface area contributed by atoms with Gasteiger partial charge >= 0.3 is 0 Å². The van der Waals surface area contributed by atoms with E-state index in [2.05, 4.69) is 9.98 Å². The van der Waals surface area contributed by atoms with Gasteiger partial charge in [-0.1, -0.05) is 6.07 Å². The molecular formula is C7H8N4O. The lowest BCUT2D eigenvalue weighted by Gasteiger charge is -1.93. The number of pyridine rings is 1. The van der Waals surface area contributed by atoms with Crippen molar-refractivity contribution in [1.82, 2.24) is 4.98 Å². The Morgan fingerprint density at radius 2 is 2.17 bits per heavy atom. The van der Waals surface area contributed by atoms with Crippen molar-refractivity contribution in [3.05, 3.63) is 24.4 Å². The van der Waals surface area contributed by atoms with Gasteiger partial charge in [-0.25, -0.2) is 9.98 Å². The number of hydrogen-bond acceptors (Lipinski definition) is 3. The Balaban J connectivity index is 2.89. The Labute approximate surface area is 69.1 Å². The van der Waals surface area contributed by atoms with Gasteiger partial charge in [-0.15, -0.1) is 0 Å². The third kappa shape index (κ3) is 2.05. The molecule has 0 bridgehead atoms. The van der Waals surface area contributed by atoms with Crippen LogP contribution in [0, 0.1) is 0 Å². The summed E-state index contributed by atoms with van der Waals surface area (Å²) in [5.74, 6) is -0.622. The lowest BCUT2D eigenvalue weighted by molar-refractivity contribution is -0.112. The van der Waals surface area contributed by atoms with Gasteiger partial charge in [-0.3, -0.25) is 4.79 Å². The summed E-state index contributed by atoms with van der Waals surface area (Å²) < 4.78 is 0. The Morgan fingerprint density at radius 1 is 1.42 bits per heavy atom. The van der Waals surface area contributed by atoms with Crippen LogP contribution in [-0.4, -0.2) is 16.7 Å². The van der Waals surface area contributed by atoms with Crippen LogP contribution in [0.5, 0.6) is 0 Å². The molecule has 5 nitrogen and oxygen atoms in total. The van der Waals surface area contributed by atoms with E-state index in [1.807, 2.05) is 0 Å². The van der Waals surface area contributed by atoms with Gasteiger partial charge in [0.15, 0.2) is 11.7 Å². The molecule has 0 aromatic carbocycles. The Morgan fingerprint density at radius 3 is 2.67 bits per heavy atom. The SMILES string of the molecule is NC(=O)/C(N)=N/c1ccccn1. The zero-order valence-electron chi connectivity index (χ0n) is 6.27. The van der Waals surface area contributed by atoms with Crippen molar-refractivity contribution < 1.29 is 4.79 Å². The van der Waals surface area contributed by atoms with Crippen molar-refractivity contribution >= 4 is 17.6 Å². The molecule has 1 heterocycles. The molecule has 0 radical (unpaired) electrons. The van der Waals surface area contributed by atoms with E-state index in [0.29, 0.717) is 5.82 Å². The first-order chi connectivity index (χ1) is 5.70. The Hall–Kier alpha value is -1.91. The van der Waals surface area contributed by atoms with Crippen LogP contribution in [0.4, 0.5) is 5.82 Å². The van der Waals surface area contributed by atoms with Crippen LogP contribution >= 0.6 is 0 Å². The van der Waals surface area contributed by atoms with Crippen LogP contribution in [-0.2, 0) is 4.79 Å². The summed E-state index contributed by atoms with van der Waals surface area (Å²) in [6, 6.07) is 5.09. The lowest BCUT2D eigenvalue weighted by atomic mass is 10.4. The summed E-state index contributed by atoms with van der Waals surface area (Å²) >= 11 is 0. The molecule has 0 aliphatic carbocycles. The molecule has 1 aromatic heterocycles. The minimum absolute atomic E-state index is 0.242. The molecule has 0 saturated carbocycles. The van der Waals surface area contributed by atoms with Gasteiger partial charge in [0, 0.05) is 6.20 Å². The zero-order chi connectivity index (χ0) is 8.97. The van der Waals surface area contributed by atoms with Gasteiger partial charge in [0.25, 0.3) is 5.91 Å². The average molecular weight is 164 g/mol. The second-order valence-electron chi connectivity index (χ2n) is 2.05. The Bertz CT molecular complexity index is 306. The third-order valence-corrected chi connectivity index (χ3v) is 1.14. The molecule has 0 atom stereocenters. The van der Waals surface area contributed by atoms with Crippen molar-refractivity contribution in [3.63, 3.8) is 0 Å². The molecular weight excluding hydrogens is 156 g/mol. The summed E-state index contributed by atoms with van der Waals surface area (Å²) in [6.07, 6.45) is 1.55. The van der Waals surface area contributed by atoms with E-state index in [4.69, 9.17) is 11.5 Å². The van der Waals surface area contributed by atoms with E-state index in [9.17, 15) is 4.79 Å². The summed E-state index contributed by atoms with van der Waals surface area (Å²) in [5, 5.41) is 0. The molecule has 0 unspecified atom stereocenters. The number of rotatable bonds is 1. The van der Waals surface area contributed by atoms with Gasteiger partial charge in [0.1, 0.15) is 0 Å². The zero-order valence-corrected chi connectivity index (χ0v) is 6.27. The highest BCUT2D eigenvalue weighted by Crippen LogP contribution is 2.03. The fourth-order valence-corrected chi connectivity index (χ4v) is 0.598. The van der Waals surface area contributed by atoms with Crippen molar-refractivity contribution in [2.45, 2.75) is 0 Å². The predicted octanol–water partition coefficient (Wildman–Crippen LogP) is -0.444. The molecule has 12 heavy (non-hydrogen) atoms. The number of amides is 1. The third-order valence-electron chi connectivity index (χ3n) is 1.14. The number of nitrogens with two attached hydrogens (primary N) is 2. The number of carbonyl (C=O) groups excluding carboxylic acids is 1. The van der Waals surface area contributed by atoms with Gasteiger partial charge in [-0.05, 0) is 12.1 Å². The van der Waals surface area contributed by atoms with Crippen LogP contribution in [0.3, 0.4) is 0 Å². The van der Waals surface area contributed by atoms with E-state index in [1.165, 1.54) is 0 Å². The smallest absolute Gasteiger partial charge is 0.284 e. The number of aromatic nitrogens is 1. The molecule has 1 aromatic rings. The standard InChI is InChI=1S/C7H8N4O/c8-6(7(9)12)11-5-3-1-2-4-10-5/h1-4H,(H2,9,12)(H2,8,10,11). The van der Waals surface area contributed by atoms with E-state index < -0.39 is 5.91 Å². The second kappa shape index (κ2) is 3.47. The number of carbonyl (C=O) groups is 1. The van der Waals surface area contributed by atoms with Gasteiger partial charge in [-0.2, -0.15) is 0 Å². The molecule has 0 aliphatic rings. The quantitative estimate of drug-likeness (QED) is 0.435.